The van der Waals surface area contributed by atoms with Crippen molar-refractivity contribution in [3.8, 4) is 0 Å². The largest absolute Gasteiger partial charge is 0.342 e. The van der Waals surface area contributed by atoms with Crippen LogP contribution in [-0.4, -0.2) is 33.3 Å². The van der Waals surface area contributed by atoms with Crippen molar-refractivity contribution in [2.45, 2.75) is 52.2 Å². The van der Waals surface area contributed by atoms with Crippen LogP contribution in [0.2, 0.25) is 0 Å². The molecule has 1 saturated heterocycles. The molecule has 1 atom stereocenters. The standard InChI is InChI=1S/C14H21N3O2S/c1-9(2)5-11-12(18)17(7-10-6-15-8-20-10)14(3,4)13(19)16-11/h6,8-9,11H,5,7H2,1-4H3,(H,16,19). The van der Waals surface area contributed by atoms with Gasteiger partial charge in [-0.1, -0.05) is 13.8 Å². The van der Waals surface area contributed by atoms with Crippen molar-refractivity contribution in [1.29, 1.82) is 0 Å². The average Bonchev–Trinajstić information content (AvgIpc) is 2.84. The highest BCUT2D eigenvalue weighted by Crippen LogP contribution is 2.26. The fourth-order valence-corrected chi connectivity index (χ4v) is 2.95. The van der Waals surface area contributed by atoms with E-state index in [0.717, 1.165) is 4.88 Å². The van der Waals surface area contributed by atoms with E-state index in [1.54, 1.807) is 30.5 Å². The van der Waals surface area contributed by atoms with Crippen LogP contribution in [0.25, 0.3) is 0 Å². The first kappa shape index (κ1) is 15.0. The molecule has 0 radical (unpaired) electrons. The highest BCUT2D eigenvalue weighted by atomic mass is 32.1. The van der Waals surface area contributed by atoms with E-state index in [-0.39, 0.29) is 11.8 Å². The van der Waals surface area contributed by atoms with E-state index in [4.69, 9.17) is 0 Å². The van der Waals surface area contributed by atoms with Gasteiger partial charge in [0.05, 0.1) is 12.1 Å². The Balaban J connectivity index is 2.23. The second kappa shape index (κ2) is 5.52. The number of nitrogens with zero attached hydrogens (tertiary/aromatic N) is 2. The maximum Gasteiger partial charge on any atom is 0.246 e. The van der Waals surface area contributed by atoms with E-state index >= 15 is 0 Å². The Bertz CT molecular complexity index is 497. The zero-order valence-electron chi connectivity index (χ0n) is 12.3. The predicted octanol–water partition coefficient (Wildman–Crippen LogP) is 1.79. The first-order valence-electron chi connectivity index (χ1n) is 6.82. The summed E-state index contributed by atoms with van der Waals surface area (Å²) < 4.78 is 0. The lowest BCUT2D eigenvalue weighted by Gasteiger charge is -2.44. The van der Waals surface area contributed by atoms with E-state index in [1.165, 1.54) is 11.3 Å². The first-order valence-corrected chi connectivity index (χ1v) is 7.70. The van der Waals surface area contributed by atoms with Crippen LogP contribution >= 0.6 is 11.3 Å². The number of aromatic nitrogens is 1. The molecule has 2 rings (SSSR count). The highest BCUT2D eigenvalue weighted by molar-refractivity contribution is 7.09. The van der Waals surface area contributed by atoms with Gasteiger partial charge in [-0.3, -0.25) is 14.6 Å². The minimum Gasteiger partial charge on any atom is -0.342 e. The summed E-state index contributed by atoms with van der Waals surface area (Å²) in [7, 11) is 0. The summed E-state index contributed by atoms with van der Waals surface area (Å²) in [5, 5.41) is 2.85. The molecule has 0 saturated carbocycles. The maximum atomic E-state index is 12.6. The van der Waals surface area contributed by atoms with Crippen LogP contribution in [0.4, 0.5) is 0 Å². The van der Waals surface area contributed by atoms with Gasteiger partial charge in [-0.05, 0) is 26.2 Å². The van der Waals surface area contributed by atoms with Crippen LogP contribution in [0, 0.1) is 5.92 Å². The van der Waals surface area contributed by atoms with Crippen molar-refractivity contribution in [2.24, 2.45) is 5.92 Å². The summed E-state index contributed by atoms with van der Waals surface area (Å²) in [6.07, 6.45) is 2.41. The van der Waals surface area contributed by atoms with Gasteiger partial charge in [0, 0.05) is 11.1 Å². The van der Waals surface area contributed by atoms with Crippen molar-refractivity contribution in [3.05, 3.63) is 16.6 Å². The number of carbonyl (C=O) groups is 2. The summed E-state index contributed by atoms with van der Waals surface area (Å²) in [5.41, 5.74) is 0.914. The van der Waals surface area contributed by atoms with Crippen LogP contribution < -0.4 is 5.32 Å². The number of rotatable bonds is 4. The van der Waals surface area contributed by atoms with E-state index < -0.39 is 11.6 Å². The molecule has 2 amide bonds. The molecule has 110 valence electrons. The van der Waals surface area contributed by atoms with E-state index in [9.17, 15) is 9.59 Å². The summed E-state index contributed by atoms with van der Waals surface area (Å²) >= 11 is 1.50. The second-order valence-electron chi connectivity index (χ2n) is 6.11. The van der Waals surface area contributed by atoms with Gasteiger partial charge in [-0.25, -0.2) is 0 Å². The molecule has 1 aliphatic rings. The third-order valence-electron chi connectivity index (χ3n) is 3.60. The Labute approximate surface area is 123 Å². The third kappa shape index (κ3) is 2.85. The average molecular weight is 295 g/mol. The fourth-order valence-electron chi connectivity index (χ4n) is 2.37. The highest BCUT2D eigenvalue weighted by Gasteiger charge is 2.46. The Morgan fingerprint density at radius 3 is 2.70 bits per heavy atom. The summed E-state index contributed by atoms with van der Waals surface area (Å²) in [4.78, 5) is 31.6. The fraction of sp³-hybridized carbons (Fsp3) is 0.643. The predicted molar refractivity (Wildman–Crippen MR) is 78.1 cm³/mol. The molecule has 1 aromatic heterocycles. The van der Waals surface area contributed by atoms with Gasteiger partial charge in [-0.15, -0.1) is 11.3 Å². The molecule has 0 aliphatic carbocycles. The normalized spacial score (nSPS) is 22.2. The molecule has 1 fully saturated rings. The zero-order chi connectivity index (χ0) is 14.9. The summed E-state index contributed by atoms with van der Waals surface area (Å²) in [6.45, 7) is 8.11. The Kier molecular flexibility index (Phi) is 4.13. The van der Waals surface area contributed by atoms with Crippen molar-refractivity contribution >= 4 is 23.2 Å². The quantitative estimate of drug-likeness (QED) is 0.921. The molecule has 0 aromatic carbocycles. The van der Waals surface area contributed by atoms with Gasteiger partial charge >= 0.3 is 0 Å². The molecule has 0 bridgehead atoms. The smallest absolute Gasteiger partial charge is 0.246 e. The number of hydrogen-bond acceptors (Lipinski definition) is 4. The molecule has 1 unspecified atom stereocenters. The maximum absolute atomic E-state index is 12.6. The van der Waals surface area contributed by atoms with E-state index in [1.807, 2.05) is 13.8 Å². The summed E-state index contributed by atoms with van der Waals surface area (Å²) in [5.74, 6) is 0.264. The monoisotopic (exact) mass is 295 g/mol. The molecule has 20 heavy (non-hydrogen) atoms. The lowest BCUT2D eigenvalue weighted by Crippen LogP contribution is -2.68. The van der Waals surface area contributed by atoms with Gasteiger partial charge in [0.25, 0.3) is 0 Å². The molecule has 2 heterocycles. The number of carbonyl (C=O) groups excluding carboxylic acids is 2. The van der Waals surface area contributed by atoms with Gasteiger partial charge < -0.3 is 10.2 Å². The van der Waals surface area contributed by atoms with Gasteiger partial charge in [-0.2, -0.15) is 0 Å². The van der Waals surface area contributed by atoms with Crippen LogP contribution in [0.3, 0.4) is 0 Å². The zero-order valence-corrected chi connectivity index (χ0v) is 13.2. The SMILES string of the molecule is CC(C)CC1NC(=O)C(C)(C)N(Cc2cncs2)C1=O. The van der Waals surface area contributed by atoms with Crippen LogP contribution in [-0.2, 0) is 16.1 Å². The van der Waals surface area contributed by atoms with E-state index in [2.05, 4.69) is 10.3 Å². The minimum absolute atomic E-state index is 0.00306. The molecule has 0 spiro atoms. The Morgan fingerprint density at radius 2 is 2.15 bits per heavy atom. The van der Waals surface area contributed by atoms with Crippen LogP contribution in [0.15, 0.2) is 11.7 Å². The molecule has 1 N–H and O–H groups in total. The minimum atomic E-state index is -0.825. The number of nitrogens with one attached hydrogen (secondary N) is 1. The van der Waals surface area contributed by atoms with Gasteiger partial charge in [0.2, 0.25) is 11.8 Å². The van der Waals surface area contributed by atoms with Crippen molar-refractivity contribution < 1.29 is 9.59 Å². The Morgan fingerprint density at radius 1 is 1.45 bits per heavy atom. The number of thiazole rings is 1. The topological polar surface area (TPSA) is 62.3 Å². The number of piperazine rings is 1. The van der Waals surface area contributed by atoms with Crippen molar-refractivity contribution in [1.82, 2.24) is 15.2 Å². The molecule has 5 nitrogen and oxygen atoms in total. The van der Waals surface area contributed by atoms with Gasteiger partial charge in [0.1, 0.15) is 11.6 Å². The van der Waals surface area contributed by atoms with Crippen LogP contribution in [0.1, 0.15) is 39.0 Å². The van der Waals surface area contributed by atoms with Gasteiger partial charge in [0.15, 0.2) is 0 Å². The second-order valence-corrected chi connectivity index (χ2v) is 7.08. The number of amides is 2. The summed E-state index contributed by atoms with van der Waals surface area (Å²) in [6, 6.07) is -0.413. The number of hydrogen-bond donors (Lipinski definition) is 1. The van der Waals surface area contributed by atoms with Crippen LogP contribution in [0.5, 0.6) is 0 Å². The lowest BCUT2D eigenvalue weighted by molar-refractivity contribution is -0.156. The molecule has 1 aliphatic heterocycles. The molecule has 1 aromatic rings. The van der Waals surface area contributed by atoms with Crippen molar-refractivity contribution in [3.63, 3.8) is 0 Å². The third-order valence-corrected chi connectivity index (χ3v) is 4.37. The van der Waals surface area contributed by atoms with E-state index in [0.29, 0.717) is 18.9 Å². The Hall–Kier alpha value is -1.43. The first-order chi connectivity index (χ1) is 9.32. The molecular formula is C14H21N3O2S. The molecular weight excluding hydrogens is 274 g/mol. The lowest BCUT2D eigenvalue weighted by atomic mass is 9.92. The molecule has 6 heteroatoms. The van der Waals surface area contributed by atoms with Crippen molar-refractivity contribution in [2.75, 3.05) is 0 Å².